The zero-order valence-electron chi connectivity index (χ0n) is 11.4. The van der Waals surface area contributed by atoms with Gasteiger partial charge in [0.05, 0.1) is 11.6 Å². The normalized spacial score (nSPS) is 11.8. The van der Waals surface area contributed by atoms with E-state index in [0.717, 1.165) is 19.3 Å². The van der Waals surface area contributed by atoms with Crippen LogP contribution in [0.1, 0.15) is 24.8 Å². The van der Waals surface area contributed by atoms with Crippen molar-refractivity contribution in [2.75, 3.05) is 20.3 Å². The molecule has 0 bridgehead atoms. The number of ether oxygens (including phenoxy) is 1. The van der Waals surface area contributed by atoms with Gasteiger partial charge in [-0.3, -0.25) is 0 Å². The van der Waals surface area contributed by atoms with E-state index >= 15 is 0 Å². The highest BCUT2D eigenvalue weighted by Crippen LogP contribution is 2.22. The number of methoxy groups -OCH3 is 1. The Kier molecular flexibility index (Phi) is 7.47. The van der Waals surface area contributed by atoms with Crippen LogP contribution in [-0.4, -0.2) is 33.8 Å². The minimum absolute atomic E-state index is 0.00241. The van der Waals surface area contributed by atoms with Gasteiger partial charge in [0.2, 0.25) is 10.0 Å². The van der Waals surface area contributed by atoms with Crippen LogP contribution in [0.5, 0.6) is 0 Å². The summed E-state index contributed by atoms with van der Waals surface area (Å²) in [6.07, 6.45) is 2.53. The average molecular weight is 322 g/mol. The predicted octanol–water partition coefficient (Wildman–Crippen LogP) is 1.93. The molecule has 0 saturated carbocycles. The van der Waals surface area contributed by atoms with E-state index in [1.54, 1.807) is 13.2 Å². The number of aliphatic hydroxyl groups excluding tert-OH is 1. The number of hydrogen-bond donors (Lipinski definition) is 2. The molecule has 1 rings (SSSR count). The Morgan fingerprint density at radius 3 is 2.70 bits per heavy atom. The fourth-order valence-corrected chi connectivity index (χ4v) is 3.31. The van der Waals surface area contributed by atoms with Crippen molar-refractivity contribution >= 4 is 21.6 Å². The summed E-state index contributed by atoms with van der Waals surface area (Å²) in [4.78, 5) is 0.00241. The topological polar surface area (TPSA) is 75.6 Å². The summed E-state index contributed by atoms with van der Waals surface area (Å²) < 4.78 is 31.6. The van der Waals surface area contributed by atoms with Crippen LogP contribution >= 0.6 is 11.6 Å². The van der Waals surface area contributed by atoms with Crippen molar-refractivity contribution in [2.45, 2.75) is 30.8 Å². The lowest BCUT2D eigenvalue weighted by Crippen LogP contribution is -2.25. The zero-order chi connectivity index (χ0) is 15.0. The number of rotatable bonds is 9. The molecule has 1 aromatic rings. The van der Waals surface area contributed by atoms with E-state index < -0.39 is 10.0 Å². The molecule has 1 aromatic carbocycles. The number of nitrogens with one attached hydrogen (secondary N) is 1. The van der Waals surface area contributed by atoms with E-state index in [9.17, 15) is 8.42 Å². The molecule has 7 heteroatoms. The maximum Gasteiger partial charge on any atom is 0.242 e. The van der Waals surface area contributed by atoms with Gasteiger partial charge in [0.15, 0.2) is 0 Å². The van der Waals surface area contributed by atoms with Crippen LogP contribution in [-0.2, 0) is 21.4 Å². The second-order valence-electron chi connectivity index (χ2n) is 4.37. The summed E-state index contributed by atoms with van der Waals surface area (Å²) in [5, 5.41) is 9.19. The second kappa shape index (κ2) is 8.59. The molecule has 5 nitrogen and oxygen atoms in total. The number of benzene rings is 1. The van der Waals surface area contributed by atoms with E-state index in [1.165, 1.54) is 12.1 Å². The quantitative estimate of drug-likeness (QED) is 0.681. The number of unbranched alkanes of at least 4 members (excludes halogenated alkanes) is 2. The molecule has 0 fully saturated rings. The third kappa shape index (κ3) is 5.38. The van der Waals surface area contributed by atoms with Crippen molar-refractivity contribution in [2.24, 2.45) is 0 Å². The maximum atomic E-state index is 12.1. The lowest BCUT2D eigenvalue weighted by Gasteiger charge is -2.09. The Hall–Kier alpha value is -0.660. The van der Waals surface area contributed by atoms with Gasteiger partial charge in [-0.2, -0.15) is 0 Å². The molecule has 0 heterocycles. The molecule has 20 heavy (non-hydrogen) atoms. The standard InChI is InChI=1S/C13H20ClNO4S/c1-19-8-4-2-3-7-15-20(17,18)13-9-11(10-16)5-6-12(13)14/h5-6,9,15-16H,2-4,7-8,10H2,1H3. The van der Waals surface area contributed by atoms with E-state index in [-0.39, 0.29) is 16.5 Å². The monoisotopic (exact) mass is 321 g/mol. The van der Waals surface area contributed by atoms with E-state index in [2.05, 4.69) is 4.72 Å². The van der Waals surface area contributed by atoms with Crippen LogP contribution in [0.3, 0.4) is 0 Å². The van der Waals surface area contributed by atoms with Gasteiger partial charge in [-0.25, -0.2) is 13.1 Å². The number of hydrogen-bond acceptors (Lipinski definition) is 4. The average Bonchev–Trinajstić information content (AvgIpc) is 2.43. The number of halogens is 1. The smallest absolute Gasteiger partial charge is 0.242 e. The predicted molar refractivity (Wildman–Crippen MR) is 78.3 cm³/mol. The molecule has 0 aliphatic rings. The lowest BCUT2D eigenvalue weighted by atomic mass is 10.2. The highest BCUT2D eigenvalue weighted by molar-refractivity contribution is 7.89. The van der Waals surface area contributed by atoms with Gasteiger partial charge in [-0.1, -0.05) is 17.7 Å². The van der Waals surface area contributed by atoms with Crippen molar-refractivity contribution < 1.29 is 18.3 Å². The third-order valence-electron chi connectivity index (χ3n) is 2.79. The van der Waals surface area contributed by atoms with Crippen LogP contribution in [0.25, 0.3) is 0 Å². The van der Waals surface area contributed by atoms with Crippen LogP contribution in [0, 0.1) is 0 Å². The Morgan fingerprint density at radius 1 is 1.30 bits per heavy atom. The van der Waals surface area contributed by atoms with Gasteiger partial charge in [-0.15, -0.1) is 0 Å². The Bertz CT molecular complexity index is 519. The van der Waals surface area contributed by atoms with Crippen molar-refractivity contribution in [1.29, 1.82) is 0 Å². The molecule has 0 aliphatic carbocycles. The highest BCUT2D eigenvalue weighted by atomic mass is 35.5. The lowest BCUT2D eigenvalue weighted by molar-refractivity contribution is 0.192. The van der Waals surface area contributed by atoms with Gasteiger partial charge in [-0.05, 0) is 37.0 Å². The van der Waals surface area contributed by atoms with Gasteiger partial charge >= 0.3 is 0 Å². The molecule has 0 atom stereocenters. The molecule has 0 radical (unpaired) electrons. The SMILES string of the molecule is COCCCCCNS(=O)(=O)c1cc(CO)ccc1Cl. The molecule has 0 amide bonds. The van der Waals surface area contributed by atoms with Crippen molar-refractivity contribution in [3.8, 4) is 0 Å². The maximum absolute atomic E-state index is 12.1. The first-order chi connectivity index (χ1) is 9.51. The molecule has 2 N–H and O–H groups in total. The molecule has 0 aliphatic heterocycles. The highest BCUT2D eigenvalue weighted by Gasteiger charge is 2.17. The van der Waals surface area contributed by atoms with Crippen LogP contribution in [0.4, 0.5) is 0 Å². The van der Waals surface area contributed by atoms with Gasteiger partial charge in [0, 0.05) is 20.3 Å². The second-order valence-corrected chi connectivity index (χ2v) is 6.52. The van der Waals surface area contributed by atoms with Gasteiger partial charge in [0.1, 0.15) is 4.90 Å². The largest absolute Gasteiger partial charge is 0.392 e. The summed E-state index contributed by atoms with van der Waals surface area (Å²) >= 11 is 5.90. The third-order valence-corrected chi connectivity index (χ3v) is 4.73. The van der Waals surface area contributed by atoms with Crippen LogP contribution in [0.15, 0.2) is 23.1 Å². The first kappa shape index (κ1) is 17.4. The molecule has 0 unspecified atom stereocenters. The minimum atomic E-state index is -3.64. The van der Waals surface area contributed by atoms with Crippen molar-refractivity contribution in [1.82, 2.24) is 4.72 Å². The first-order valence-electron chi connectivity index (χ1n) is 6.39. The van der Waals surface area contributed by atoms with E-state index in [4.69, 9.17) is 21.4 Å². The summed E-state index contributed by atoms with van der Waals surface area (Å²) in [5.41, 5.74) is 0.509. The molecular formula is C13H20ClNO4S. The molecule has 0 spiro atoms. The fraction of sp³-hybridized carbons (Fsp3) is 0.538. The summed E-state index contributed by atoms with van der Waals surface area (Å²) in [6.45, 7) is 0.805. The molecule has 0 aromatic heterocycles. The van der Waals surface area contributed by atoms with E-state index in [1.807, 2.05) is 0 Å². The Morgan fingerprint density at radius 2 is 2.05 bits per heavy atom. The van der Waals surface area contributed by atoms with Crippen molar-refractivity contribution in [3.05, 3.63) is 28.8 Å². The van der Waals surface area contributed by atoms with E-state index in [0.29, 0.717) is 18.7 Å². The summed E-state index contributed by atoms with van der Waals surface area (Å²) in [7, 11) is -2.00. The molecular weight excluding hydrogens is 302 g/mol. The van der Waals surface area contributed by atoms with Crippen LogP contribution in [0.2, 0.25) is 5.02 Å². The number of aliphatic hydroxyl groups is 1. The first-order valence-corrected chi connectivity index (χ1v) is 8.25. The number of sulfonamides is 1. The Labute approximate surface area is 125 Å². The fourth-order valence-electron chi connectivity index (χ4n) is 1.68. The molecule has 0 saturated heterocycles. The van der Waals surface area contributed by atoms with Crippen molar-refractivity contribution in [3.63, 3.8) is 0 Å². The van der Waals surface area contributed by atoms with Crippen LogP contribution < -0.4 is 4.72 Å². The minimum Gasteiger partial charge on any atom is -0.392 e. The summed E-state index contributed by atoms with van der Waals surface area (Å²) in [5.74, 6) is 0. The molecule has 114 valence electrons. The van der Waals surface area contributed by atoms with Gasteiger partial charge < -0.3 is 9.84 Å². The summed E-state index contributed by atoms with van der Waals surface area (Å²) in [6, 6.07) is 4.45. The van der Waals surface area contributed by atoms with Gasteiger partial charge in [0.25, 0.3) is 0 Å². The zero-order valence-corrected chi connectivity index (χ0v) is 13.0. The Balaban J connectivity index is 2.60.